The van der Waals surface area contributed by atoms with E-state index in [4.69, 9.17) is 13.8 Å². The van der Waals surface area contributed by atoms with Gasteiger partial charge in [0.25, 0.3) is 7.82 Å². The van der Waals surface area contributed by atoms with Crippen molar-refractivity contribution in [1.29, 1.82) is 0 Å². The Morgan fingerprint density at radius 2 is 0.773 bits per heavy atom. The minimum atomic E-state index is -4.70. The Kier molecular flexibility index (Phi) is 54.2. The molecular weight excluding hydrogens is 952 g/mol. The molecule has 0 aliphatic rings. The second-order valence-electron chi connectivity index (χ2n) is 23.3. The fourth-order valence-electron chi connectivity index (χ4n) is 9.51. The zero-order chi connectivity index (χ0) is 55.0. The summed E-state index contributed by atoms with van der Waals surface area (Å²) >= 11 is 0. The summed E-state index contributed by atoms with van der Waals surface area (Å²) in [5, 5.41) is 3.02. The smallest absolute Gasteiger partial charge is 0.306 e. The van der Waals surface area contributed by atoms with Gasteiger partial charge < -0.3 is 28.5 Å². The Balaban J connectivity index is 5.03. The number of carbonyl (C=O) groups excluding carboxylic acids is 2. The van der Waals surface area contributed by atoms with Crippen molar-refractivity contribution >= 4 is 19.7 Å². The number of likely N-dealkylation sites (N-methyl/N-ethyl adjacent to an activating group) is 1. The topological polar surface area (TPSA) is 114 Å². The van der Waals surface area contributed by atoms with Gasteiger partial charge in [-0.25, -0.2) is 0 Å². The third-order valence-electron chi connectivity index (χ3n) is 14.5. The van der Waals surface area contributed by atoms with E-state index in [0.29, 0.717) is 17.4 Å². The van der Waals surface area contributed by atoms with Gasteiger partial charge in [0, 0.05) is 12.8 Å². The standard InChI is InChI=1S/C65H125N2O7P/c1-7-10-13-16-19-22-25-27-28-29-30-31-32-33-34-35-36-37-38-40-43-46-49-52-55-58-65(69)74-63(56-53-50-47-44-41-24-21-18-15-12-9-3)62(61-73-75(70,71)72-60-59-67(4,5)6)66-64(68)57-54-51-48-45-42-39-26-23-20-17-14-11-8-2/h27-28,39,42,53,56,62-63H,7-26,29-38,40-41,43-52,54-55,57-61H2,1-6H3,(H-,66,68,70,71)/b28-27+,42-39-,56-53-. The number of phosphoric ester groups is 1. The molecular formula is C65H125N2O7P. The van der Waals surface area contributed by atoms with Gasteiger partial charge in [0.05, 0.1) is 33.8 Å². The lowest BCUT2D eigenvalue weighted by Crippen LogP contribution is -2.47. The van der Waals surface area contributed by atoms with E-state index in [1.54, 1.807) is 0 Å². The molecule has 3 unspecified atom stereocenters. The quantitative estimate of drug-likeness (QED) is 0.0212. The SMILES string of the molecule is CCCCCCCC/C=C\CCCCCC(=O)NC(COP(=O)([O-])OCC[N+](C)(C)C)C(/C=C\CCCCCCCCCCC)OC(=O)CCCCCCCCCCCCCCCCC/C=C/CCCCCCCC. The van der Waals surface area contributed by atoms with Gasteiger partial charge in [0.2, 0.25) is 5.91 Å². The maximum absolute atomic E-state index is 13.5. The molecule has 0 aromatic heterocycles. The maximum Gasteiger partial charge on any atom is 0.306 e. The number of amides is 1. The van der Waals surface area contributed by atoms with E-state index in [9.17, 15) is 19.0 Å². The van der Waals surface area contributed by atoms with Gasteiger partial charge in [-0.3, -0.25) is 14.2 Å². The third-order valence-corrected chi connectivity index (χ3v) is 15.5. The van der Waals surface area contributed by atoms with Crippen LogP contribution < -0.4 is 10.2 Å². The average Bonchev–Trinajstić information content (AvgIpc) is 3.37. The molecule has 1 amide bonds. The number of hydrogen-bond donors (Lipinski definition) is 1. The van der Waals surface area contributed by atoms with Crippen LogP contribution in [-0.2, 0) is 27.9 Å². The van der Waals surface area contributed by atoms with E-state index in [-0.39, 0.29) is 24.9 Å². The molecule has 1 N–H and O–H groups in total. The summed E-state index contributed by atoms with van der Waals surface area (Å²) in [6.07, 6.45) is 67.0. The number of phosphoric acid groups is 1. The molecule has 0 saturated heterocycles. The van der Waals surface area contributed by atoms with Crippen molar-refractivity contribution in [1.82, 2.24) is 5.32 Å². The highest BCUT2D eigenvalue weighted by Crippen LogP contribution is 2.38. The highest BCUT2D eigenvalue weighted by molar-refractivity contribution is 7.45. The molecule has 0 heterocycles. The lowest BCUT2D eigenvalue weighted by molar-refractivity contribution is -0.870. The predicted molar refractivity (Wildman–Crippen MR) is 321 cm³/mol. The van der Waals surface area contributed by atoms with Gasteiger partial charge in [-0.1, -0.05) is 257 Å². The van der Waals surface area contributed by atoms with Crippen molar-refractivity contribution < 1.29 is 37.3 Å². The molecule has 0 aromatic rings. The third kappa shape index (κ3) is 56.8. The highest BCUT2D eigenvalue weighted by atomic mass is 31.2. The number of nitrogens with one attached hydrogen (secondary N) is 1. The van der Waals surface area contributed by atoms with E-state index in [1.165, 1.54) is 212 Å². The lowest BCUT2D eigenvalue weighted by Gasteiger charge is -2.30. The number of hydrogen-bond acceptors (Lipinski definition) is 7. The van der Waals surface area contributed by atoms with Gasteiger partial charge >= 0.3 is 5.97 Å². The van der Waals surface area contributed by atoms with Crippen LogP contribution in [0, 0.1) is 0 Å². The fraction of sp³-hybridized carbons (Fsp3) is 0.877. The Morgan fingerprint density at radius 3 is 1.15 bits per heavy atom. The van der Waals surface area contributed by atoms with Crippen LogP contribution in [0.15, 0.2) is 36.5 Å². The predicted octanol–water partition coefficient (Wildman–Crippen LogP) is 19.3. The Morgan fingerprint density at radius 1 is 0.453 bits per heavy atom. The minimum Gasteiger partial charge on any atom is -0.756 e. The molecule has 0 radical (unpaired) electrons. The molecule has 0 saturated carbocycles. The van der Waals surface area contributed by atoms with Crippen molar-refractivity contribution in [2.75, 3.05) is 40.9 Å². The molecule has 0 bridgehead atoms. The first kappa shape index (κ1) is 73.2. The number of ether oxygens (including phenoxy) is 1. The number of allylic oxidation sites excluding steroid dienone is 5. The van der Waals surface area contributed by atoms with E-state index >= 15 is 0 Å². The maximum atomic E-state index is 13.5. The van der Waals surface area contributed by atoms with Crippen LogP contribution in [0.1, 0.15) is 316 Å². The summed E-state index contributed by atoms with van der Waals surface area (Å²) in [6.45, 7) is 6.84. The second kappa shape index (κ2) is 55.5. The number of quaternary nitrogens is 1. The van der Waals surface area contributed by atoms with Crippen molar-refractivity contribution in [3.63, 3.8) is 0 Å². The van der Waals surface area contributed by atoms with E-state index < -0.39 is 26.6 Å². The van der Waals surface area contributed by atoms with Gasteiger partial charge in [0.1, 0.15) is 19.3 Å². The van der Waals surface area contributed by atoms with E-state index in [2.05, 4.69) is 50.4 Å². The van der Waals surface area contributed by atoms with Crippen LogP contribution in [0.25, 0.3) is 0 Å². The van der Waals surface area contributed by atoms with Crippen molar-refractivity contribution in [3.8, 4) is 0 Å². The molecule has 10 heteroatoms. The fourth-order valence-corrected chi connectivity index (χ4v) is 10.2. The number of nitrogens with zero attached hydrogens (tertiary/aromatic N) is 1. The number of esters is 1. The van der Waals surface area contributed by atoms with Crippen molar-refractivity contribution in [2.24, 2.45) is 0 Å². The molecule has 0 rings (SSSR count). The van der Waals surface area contributed by atoms with Gasteiger partial charge in [-0.15, -0.1) is 0 Å². The molecule has 0 aliphatic heterocycles. The summed E-state index contributed by atoms with van der Waals surface area (Å²) in [5.41, 5.74) is 0. The van der Waals surface area contributed by atoms with Crippen LogP contribution in [-0.4, -0.2) is 69.4 Å². The first-order valence-corrected chi connectivity index (χ1v) is 33.8. The summed E-state index contributed by atoms with van der Waals surface area (Å²) in [4.78, 5) is 39.9. The molecule has 0 aromatic carbocycles. The van der Waals surface area contributed by atoms with Gasteiger partial charge in [0.15, 0.2) is 0 Å². The molecule has 3 atom stereocenters. The summed E-state index contributed by atoms with van der Waals surface area (Å²) in [5.74, 6) is -0.548. The first-order chi connectivity index (χ1) is 36.4. The zero-order valence-electron chi connectivity index (χ0n) is 50.5. The van der Waals surface area contributed by atoms with Crippen molar-refractivity contribution in [2.45, 2.75) is 328 Å². The molecule has 0 aliphatic carbocycles. The number of carbonyl (C=O) groups is 2. The molecule has 0 spiro atoms. The van der Waals surface area contributed by atoms with E-state index in [0.717, 1.165) is 70.6 Å². The minimum absolute atomic E-state index is 0.0229. The Hall–Kier alpha value is -1.77. The second-order valence-corrected chi connectivity index (χ2v) is 24.7. The lowest BCUT2D eigenvalue weighted by atomic mass is 10.0. The molecule has 442 valence electrons. The van der Waals surface area contributed by atoms with Crippen LogP contribution in [0.5, 0.6) is 0 Å². The Bertz CT molecular complexity index is 1380. The highest BCUT2D eigenvalue weighted by Gasteiger charge is 2.27. The zero-order valence-corrected chi connectivity index (χ0v) is 51.4. The van der Waals surface area contributed by atoms with Crippen LogP contribution in [0.3, 0.4) is 0 Å². The first-order valence-electron chi connectivity index (χ1n) is 32.3. The van der Waals surface area contributed by atoms with Gasteiger partial charge in [-0.05, 0) is 83.1 Å². The average molecular weight is 1080 g/mol. The Labute approximate surface area is 466 Å². The molecule has 9 nitrogen and oxygen atoms in total. The summed E-state index contributed by atoms with van der Waals surface area (Å²) < 4.78 is 30.3. The van der Waals surface area contributed by atoms with Crippen LogP contribution in [0.2, 0.25) is 0 Å². The number of rotatable bonds is 59. The molecule has 0 fully saturated rings. The van der Waals surface area contributed by atoms with Crippen LogP contribution in [0.4, 0.5) is 0 Å². The van der Waals surface area contributed by atoms with Gasteiger partial charge in [-0.2, -0.15) is 0 Å². The summed E-state index contributed by atoms with van der Waals surface area (Å²) in [7, 11) is 1.19. The summed E-state index contributed by atoms with van der Waals surface area (Å²) in [6, 6.07) is -0.892. The number of unbranched alkanes of at least 4 members (excludes halogenated alkanes) is 39. The normalized spacial score (nSPS) is 13.9. The van der Waals surface area contributed by atoms with Crippen molar-refractivity contribution in [3.05, 3.63) is 36.5 Å². The monoisotopic (exact) mass is 1080 g/mol. The largest absolute Gasteiger partial charge is 0.756 e. The van der Waals surface area contributed by atoms with E-state index in [1.807, 2.05) is 33.3 Å². The molecule has 75 heavy (non-hydrogen) atoms. The van der Waals surface area contributed by atoms with Crippen LogP contribution >= 0.6 is 7.82 Å².